The second kappa shape index (κ2) is 3.02. The molecule has 0 radical (unpaired) electrons. The first-order valence-electron chi connectivity index (χ1n) is 2.94. The molecule has 2 nitrogen and oxygen atoms in total. The highest BCUT2D eigenvalue weighted by Crippen LogP contribution is 2.46. The van der Waals surface area contributed by atoms with Gasteiger partial charge < -0.3 is 10.2 Å². The van der Waals surface area contributed by atoms with Crippen LogP contribution in [0.2, 0.25) is 0 Å². The van der Waals surface area contributed by atoms with Gasteiger partial charge in [-0.2, -0.15) is 22.0 Å². The third kappa shape index (κ3) is 1.88. The van der Waals surface area contributed by atoms with Gasteiger partial charge >= 0.3 is 12.1 Å². The summed E-state index contributed by atoms with van der Waals surface area (Å²) in [4.78, 5) is 0. The fraction of sp³-hybridized carbons (Fsp3) is 1.00. The maximum absolute atomic E-state index is 12.5. The van der Waals surface area contributed by atoms with Crippen LogP contribution in [-0.2, 0) is 0 Å². The van der Waals surface area contributed by atoms with E-state index in [2.05, 4.69) is 0 Å². The van der Waals surface area contributed by atoms with Crippen molar-refractivity contribution >= 4 is 0 Å². The largest absolute Gasteiger partial charge is 0.456 e. The molecule has 0 saturated heterocycles. The highest BCUT2D eigenvalue weighted by molar-refractivity contribution is 4.96. The minimum absolute atomic E-state index is 0.245. The monoisotopic (exact) mass is 212 g/mol. The van der Waals surface area contributed by atoms with Crippen molar-refractivity contribution in [3.8, 4) is 0 Å². The van der Waals surface area contributed by atoms with E-state index in [4.69, 9.17) is 10.2 Å². The van der Waals surface area contributed by atoms with Crippen LogP contribution in [0.25, 0.3) is 0 Å². The molecule has 0 spiro atoms. The molecule has 13 heavy (non-hydrogen) atoms. The SMILES string of the molecule is CC(F)(C(O)O)C(F)(F)C(F)(F)F. The van der Waals surface area contributed by atoms with Crippen molar-refractivity contribution in [2.24, 2.45) is 0 Å². The van der Waals surface area contributed by atoms with Crippen molar-refractivity contribution in [1.82, 2.24) is 0 Å². The maximum Gasteiger partial charge on any atom is 0.456 e. The summed E-state index contributed by atoms with van der Waals surface area (Å²) >= 11 is 0. The van der Waals surface area contributed by atoms with Crippen molar-refractivity contribution < 1.29 is 36.6 Å². The molecule has 0 aromatic heterocycles. The van der Waals surface area contributed by atoms with E-state index in [0.29, 0.717) is 0 Å². The quantitative estimate of drug-likeness (QED) is 0.533. The van der Waals surface area contributed by atoms with Crippen LogP contribution in [0.5, 0.6) is 0 Å². The summed E-state index contributed by atoms with van der Waals surface area (Å²) in [5.74, 6) is -5.81. The molecule has 0 heterocycles. The van der Waals surface area contributed by atoms with Crippen LogP contribution in [0.15, 0.2) is 0 Å². The van der Waals surface area contributed by atoms with Gasteiger partial charge in [0.15, 0.2) is 6.29 Å². The fourth-order valence-electron chi connectivity index (χ4n) is 0.439. The zero-order valence-electron chi connectivity index (χ0n) is 6.24. The number of rotatable bonds is 2. The number of aliphatic hydroxyl groups excluding tert-OH is 1. The molecule has 0 aromatic carbocycles. The summed E-state index contributed by atoms with van der Waals surface area (Å²) in [7, 11) is 0. The Hall–Kier alpha value is -0.500. The summed E-state index contributed by atoms with van der Waals surface area (Å²) in [5.41, 5.74) is -4.47. The van der Waals surface area contributed by atoms with E-state index < -0.39 is 24.1 Å². The third-order valence-corrected chi connectivity index (χ3v) is 1.45. The number of hydrogen-bond donors (Lipinski definition) is 2. The summed E-state index contributed by atoms with van der Waals surface area (Å²) < 4.78 is 71.2. The molecular formula is C5H6F6O2. The van der Waals surface area contributed by atoms with Crippen molar-refractivity contribution in [1.29, 1.82) is 0 Å². The van der Waals surface area contributed by atoms with Gasteiger partial charge in [0.2, 0.25) is 5.67 Å². The predicted octanol–water partition coefficient (Wildman–Crippen LogP) is 1.22. The van der Waals surface area contributed by atoms with E-state index in [9.17, 15) is 26.3 Å². The van der Waals surface area contributed by atoms with Crippen LogP contribution in [0.1, 0.15) is 6.92 Å². The zero-order chi connectivity index (χ0) is 11.1. The van der Waals surface area contributed by atoms with Gasteiger partial charge in [-0.25, -0.2) is 4.39 Å². The first-order valence-corrected chi connectivity index (χ1v) is 2.94. The lowest BCUT2D eigenvalue weighted by molar-refractivity contribution is -0.353. The van der Waals surface area contributed by atoms with Crippen LogP contribution < -0.4 is 0 Å². The topological polar surface area (TPSA) is 40.5 Å². The number of alkyl halides is 6. The first-order chi connectivity index (χ1) is 5.44. The predicted molar refractivity (Wildman–Crippen MR) is 28.7 cm³/mol. The molecule has 0 saturated carbocycles. The lowest BCUT2D eigenvalue weighted by Crippen LogP contribution is -2.58. The molecule has 1 atom stereocenters. The molecule has 0 aliphatic carbocycles. The van der Waals surface area contributed by atoms with Crippen molar-refractivity contribution in [3.63, 3.8) is 0 Å². The van der Waals surface area contributed by atoms with Gasteiger partial charge in [0.05, 0.1) is 0 Å². The molecule has 0 fully saturated rings. The molecule has 8 heteroatoms. The van der Waals surface area contributed by atoms with E-state index in [1.807, 2.05) is 0 Å². The van der Waals surface area contributed by atoms with E-state index in [0.717, 1.165) is 0 Å². The minimum Gasteiger partial charge on any atom is -0.365 e. The maximum atomic E-state index is 12.5. The molecule has 0 aliphatic heterocycles. The smallest absolute Gasteiger partial charge is 0.365 e. The van der Waals surface area contributed by atoms with Gasteiger partial charge in [-0.15, -0.1) is 0 Å². The van der Waals surface area contributed by atoms with Gasteiger partial charge in [0.25, 0.3) is 0 Å². The number of halogens is 6. The van der Waals surface area contributed by atoms with Crippen LogP contribution in [0, 0.1) is 0 Å². The highest BCUT2D eigenvalue weighted by atomic mass is 19.4. The molecule has 0 aliphatic rings. The molecule has 1 unspecified atom stereocenters. The van der Waals surface area contributed by atoms with Crippen molar-refractivity contribution in [3.05, 3.63) is 0 Å². The van der Waals surface area contributed by atoms with Crippen LogP contribution in [-0.4, -0.2) is 34.3 Å². The van der Waals surface area contributed by atoms with Crippen LogP contribution in [0.4, 0.5) is 26.3 Å². The Morgan fingerprint density at radius 2 is 1.23 bits per heavy atom. The van der Waals surface area contributed by atoms with Gasteiger partial charge in [-0.3, -0.25) is 0 Å². The molecule has 80 valence electrons. The Labute approximate surface area is 68.8 Å². The Kier molecular flexibility index (Phi) is 2.90. The average molecular weight is 212 g/mol. The summed E-state index contributed by atoms with van der Waals surface area (Å²) in [6.45, 7) is -0.245. The average Bonchev–Trinajstić information content (AvgIpc) is 1.84. The molecule has 0 bridgehead atoms. The van der Waals surface area contributed by atoms with Gasteiger partial charge in [0, 0.05) is 0 Å². The molecule has 2 N–H and O–H groups in total. The Morgan fingerprint density at radius 1 is 0.923 bits per heavy atom. The molecule has 0 aromatic rings. The molecule has 0 amide bonds. The second-order valence-electron chi connectivity index (χ2n) is 2.52. The van der Waals surface area contributed by atoms with Crippen LogP contribution in [0.3, 0.4) is 0 Å². The number of aliphatic hydroxyl groups is 2. The lowest BCUT2D eigenvalue weighted by Gasteiger charge is -2.32. The Morgan fingerprint density at radius 3 is 1.31 bits per heavy atom. The standard InChI is InChI=1S/C5H6F6O2/c1-3(6,2(12)13)4(7,8)5(9,10)11/h2,12-13H,1H3. The van der Waals surface area contributed by atoms with E-state index in [-0.39, 0.29) is 6.92 Å². The zero-order valence-corrected chi connectivity index (χ0v) is 6.24. The normalized spacial score (nSPS) is 18.9. The van der Waals surface area contributed by atoms with Gasteiger partial charge in [0.1, 0.15) is 0 Å². The van der Waals surface area contributed by atoms with E-state index >= 15 is 0 Å². The second-order valence-corrected chi connectivity index (χ2v) is 2.52. The first kappa shape index (κ1) is 12.5. The highest BCUT2D eigenvalue weighted by Gasteiger charge is 2.71. The van der Waals surface area contributed by atoms with Crippen molar-refractivity contribution in [2.75, 3.05) is 0 Å². The van der Waals surface area contributed by atoms with Crippen molar-refractivity contribution in [2.45, 2.75) is 31.0 Å². The minimum atomic E-state index is -6.17. The summed E-state index contributed by atoms with van der Waals surface area (Å²) in [5, 5.41) is 16.0. The van der Waals surface area contributed by atoms with Crippen LogP contribution >= 0.6 is 0 Å². The van der Waals surface area contributed by atoms with E-state index in [1.54, 1.807) is 0 Å². The van der Waals surface area contributed by atoms with E-state index in [1.165, 1.54) is 0 Å². The summed E-state index contributed by atoms with van der Waals surface area (Å²) in [6, 6.07) is 0. The molecule has 0 rings (SSSR count). The van der Waals surface area contributed by atoms with Gasteiger partial charge in [-0.05, 0) is 6.92 Å². The van der Waals surface area contributed by atoms with Gasteiger partial charge in [-0.1, -0.05) is 0 Å². The lowest BCUT2D eigenvalue weighted by atomic mass is 9.99. The Balaban J connectivity index is 5.04. The third-order valence-electron chi connectivity index (χ3n) is 1.45. The fourth-order valence-corrected chi connectivity index (χ4v) is 0.439. The Bertz CT molecular complexity index is 184. The number of hydrogen-bond acceptors (Lipinski definition) is 2. The summed E-state index contributed by atoms with van der Waals surface area (Å²) in [6.07, 6.45) is -9.58. The molecular weight excluding hydrogens is 206 g/mol.